The first-order chi connectivity index (χ1) is 14.9. The topological polar surface area (TPSA) is 118 Å². The van der Waals surface area contributed by atoms with E-state index < -0.39 is 17.3 Å². The van der Waals surface area contributed by atoms with E-state index in [1.54, 1.807) is 6.08 Å². The number of nitrogens with one attached hydrogen (secondary N) is 1. The predicted molar refractivity (Wildman–Crippen MR) is 112 cm³/mol. The molecule has 166 valence electrons. The normalized spacial score (nSPS) is 17.1. The van der Waals surface area contributed by atoms with Gasteiger partial charge in [0.15, 0.2) is 5.56 Å². The third-order valence-corrected chi connectivity index (χ3v) is 5.25. The first-order valence-corrected chi connectivity index (χ1v) is 10.6. The average Bonchev–Trinajstić information content (AvgIpc) is 3.45. The molecule has 1 aliphatic heterocycles. The van der Waals surface area contributed by atoms with Crippen LogP contribution in [0, 0.1) is 5.92 Å². The van der Waals surface area contributed by atoms with E-state index in [-0.39, 0.29) is 23.4 Å². The van der Waals surface area contributed by atoms with Gasteiger partial charge in [0.05, 0.1) is 12.8 Å². The van der Waals surface area contributed by atoms with Crippen LogP contribution in [0.15, 0.2) is 17.1 Å². The smallest absolute Gasteiger partial charge is 0.270 e. The third kappa shape index (κ3) is 4.34. The van der Waals surface area contributed by atoms with Crippen LogP contribution in [0.4, 0.5) is 0 Å². The van der Waals surface area contributed by atoms with Crippen LogP contribution in [0.3, 0.4) is 0 Å². The van der Waals surface area contributed by atoms with Crippen molar-refractivity contribution in [1.29, 1.82) is 0 Å². The van der Waals surface area contributed by atoms with E-state index >= 15 is 0 Å². The van der Waals surface area contributed by atoms with Gasteiger partial charge in [0.1, 0.15) is 5.65 Å². The van der Waals surface area contributed by atoms with Crippen molar-refractivity contribution in [2.45, 2.75) is 52.1 Å². The molecule has 0 radical (unpaired) electrons. The average molecular weight is 429 g/mol. The summed E-state index contributed by atoms with van der Waals surface area (Å²) in [6.07, 6.45) is 7.87. The van der Waals surface area contributed by atoms with Crippen LogP contribution in [0.1, 0.15) is 55.5 Å². The predicted octanol–water partition coefficient (Wildman–Crippen LogP) is 1.32. The molecule has 0 unspecified atom stereocenters. The summed E-state index contributed by atoms with van der Waals surface area (Å²) in [6.45, 7) is 5.24. The first kappa shape index (κ1) is 21.1. The molecule has 10 nitrogen and oxygen atoms in total. The monoisotopic (exact) mass is 429 g/mol. The molecule has 10 heteroatoms. The van der Waals surface area contributed by atoms with Crippen molar-refractivity contribution in [3.63, 3.8) is 0 Å². The number of amides is 2. The molecular formula is C21H27N5O5. The molecule has 0 spiro atoms. The SMILES string of the molecule is CC(C)Cn1c(=O)c(C(=O)NC2CC2)c(O)n2ncc(/C=C/C(=O)N3CCCCO3)c12. The van der Waals surface area contributed by atoms with Gasteiger partial charge in [-0.05, 0) is 37.7 Å². The Hall–Kier alpha value is -3.14. The van der Waals surface area contributed by atoms with E-state index in [0.717, 1.165) is 25.7 Å². The number of carbonyl (C=O) groups is 2. The summed E-state index contributed by atoms with van der Waals surface area (Å²) < 4.78 is 2.61. The van der Waals surface area contributed by atoms with Crippen molar-refractivity contribution in [1.82, 2.24) is 24.6 Å². The van der Waals surface area contributed by atoms with Crippen molar-refractivity contribution in [3.05, 3.63) is 33.8 Å². The molecule has 2 N–H and O–H groups in total. The second kappa shape index (κ2) is 8.54. The number of nitrogens with zero attached hydrogens (tertiary/aromatic N) is 4. The molecule has 2 aliphatic rings. The van der Waals surface area contributed by atoms with Gasteiger partial charge in [0.2, 0.25) is 5.88 Å². The molecule has 0 atom stereocenters. The summed E-state index contributed by atoms with van der Waals surface area (Å²) in [4.78, 5) is 43.6. The van der Waals surface area contributed by atoms with E-state index in [2.05, 4.69) is 10.4 Å². The Kier molecular flexibility index (Phi) is 5.81. The number of aromatic nitrogens is 3. The largest absolute Gasteiger partial charge is 0.492 e. The maximum absolute atomic E-state index is 13.2. The van der Waals surface area contributed by atoms with Crippen molar-refractivity contribution < 1.29 is 19.5 Å². The van der Waals surface area contributed by atoms with Crippen LogP contribution in [-0.2, 0) is 16.2 Å². The minimum Gasteiger partial charge on any atom is -0.492 e. The zero-order valence-electron chi connectivity index (χ0n) is 17.7. The number of aromatic hydroxyl groups is 1. The maximum Gasteiger partial charge on any atom is 0.270 e. The first-order valence-electron chi connectivity index (χ1n) is 10.6. The van der Waals surface area contributed by atoms with Crippen LogP contribution in [-0.4, -0.2) is 55.4 Å². The number of rotatable bonds is 6. The summed E-state index contributed by atoms with van der Waals surface area (Å²) in [5, 5.41) is 18.9. The molecule has 2 fully saturated rings. The van der Waals surface area contributed by atoms with E-state index in [1.807, 2.05) is 13.8 Å². The number of hydroxylamine groups is 2. The van der Waals surface area contributed by atoms with Gasteiger partial charge in [-0.3, -0.25) is 23.8 Å². The molecule has 3 heterocycles. The van der Waals surface area contributed by atoms with E-state index in [4.69, 9.17) is 4.84 Å². The highest BCUT2D eigenvalue weighted by molar-refractivity contribution is 5.97. The van der Waals surface area contributed by atoms with Gasteiger partial charge < -0.3 is 10.4 Å². The van der Waals surface area contributed by atoms with Gasteiger partial charge in [-0.2, -0.15) is 9.61 Å². The molecule has 2 aromatic heterocycles. The number of hydrogen-bond acceptors (Lipinski definition) is 6. The molecular weight excluding hydrogens is 402 g/mol. The Morgan fingerprint density at radius 3 is 2.77 bits per heavy atom. The summed E-state index contributed by atoms with van der Waals surface area (Å²) in [5.41, 5.74) is -0.107. The van der Waals surface area contributed by atoms with Gasteiger partial charge in [-0.1, -0.05) is 13.8 Å². The van der Waals surface area contributed by atoms with Crippen molar-refractivity contribution >= 4 is 23.5 Å². The van der Waals surface area contributed by atoms with Gasteiger partial charge in [-0.15, -0.1) is 0 Å². The molecule has 0 bridgehead atoms. The molecule has 1 saturated carbocycles. The fourth-order valence-electron chi connectivity index (χ4n) is 3.56. The van der Waals surface area contributed by atoms with E-state index in [1.165, 1.54) is 26.4 Å². The molecule has 4 rings (SSSR count). The van der Waals surface area contributed by atoms with E-state index in [0.29, 0.717) is 30.9 Å². The lowest BCUT2D eigenvalue weighted by molar-refractivity contribution is -0.191. The van der Waals surface area contributed by atoms with Gasteiger partial charge in [0.25, 0.3) is 17.4 Å². The fraction of sp³-hybridized carbons (Fsp3) is 0.524. The second-order valence-electron chi connectivity index (χ2n) is 8.41. The summed E-state index contributed by atoms with van der Waals surface area (Å²) >= 11 is 0. The Morgan fingerprint density at radius 1 is 1.35 bits per heavy atom. The number of carbonyl (C=O) groups excluding carboxylic acids is 2. The van der Waals surface area contributed by atoms with Crippen LogP contribution in [0.5, 0.6) is 5.88 Å². The molecule has 2 aromatic rings. The van der Waals surface area contributed by atoms with Gasteiger partial charge >= 0.3 is 0 Å². The van der Waals surface area contributed by atoms with Crippen LogP contribution < -0.4 is 10.9 Å². The molecule has 1 aliphatic carbocycles. The summed E-state index contributed by atoms with van der Waals surface area (Å²) in [5.74, 6) is -1.32. The standard InChI is InChI=1S/C21H27N5O5/c1-13(2)12-24-19-14(5-8-16(27)25-9-3-4-10-31-25)11-22-26(19)21(30)17(20(24)29)18(28)23-15-6-7-15/h5,8,11,13,15,30H,3-4,6-7,9-10,12H2,1-2H3,(H,23,28)/b8-5+. The summed E-state index contributed by atoms with van der Waals surface area (Å²) in [7, 11) is 0. The lowest BCUT2D eigenvalue weighted by Crippen LogP contribution is -2.36. The van der Waals surface area contributed by atoms with Crippen molar-refractivity contribution in [3.8, 4) is 5.88 Å². The minimum atomic E-state index is -0.602. The second-order valence-corrected chi connectivity index (χ2v) is 8.41. The quantitative estimate of drug-likeness (QED) is 0.669. The number of hydrogen-bond donors (Lipinski definition) is 2. The molecule has 0 aromatic carbocycles. The highest BCUT2D eigenvalue weighted by Gasteiger charge is 2.29. The zero-order valence-corrected chi connectivity index (χ0v) is 17.7. The molecule has 2 amide bonds. The Bertz CT molecular complexity index is 1090. The minimum absolute atomic E-state index is 0.0414. The lowest BCUT2D eigenvalue weighted by Gasteiger charge is -2.24. The van der Waals surface area contributed by atoms with Crippen molar-refractivity contribution in [2.24, 2.45) is 5.92 Å². The Labute approximate surface area is 179 Å². The highest BCUT2D eigenvalue weighted by Crippen LogP contribution is 2.23. The fourth-order valence-corrected chi connectivity index (χ4v) is 3.56. The van der Waals surface area contributed by atoms with Crippen LogP contribution in [0.2, 0.25) is 0 Å². The van der Waals surface area contributed by atoms with E-state index in [9.17, 15) is 19.5 Å². The highest BCUT2D eigenvalue weighted by atomic mass is 16.7. The number of fused-ring (bicyclic) bond motifs is 1. The maximum atomic E-state index is 13.2. The van der Waals surface area contributed by atoms with Crippen LogP contribution >= 0.6 is 0 Å². The Morgan fingerprint density at radius 2 is 2.13 bits per heavy atom. The zero-order chi connectivity index (χ0) is 22.1. The van der Waals surface area contributed by atoms with Crippen LogP contribution in [0.25, 0.3) is 11.7 Å². The third-order valence-electron chi connectivity index (χ3n) is 5.25. The van der Waals surface area contributed by atoms with Gasteiger partial charge in [-0.25, -0.2) is 5.06 Å². The lowest BCUT2D eigenvalue weighted by atomic mass is 10.2. The molecule has 1 saturated heterocycles. The Balaban J connectivity index is 1.75. The molecule has 31 heavy (non-hydrogen) atoms. The van der Waals surface area contributed by atoms with Gasteiger partial charge in [0, 0.05) is 30.8 Å². The summed E-state index contributed by atoms with van der Waals surface area (Å²) in [6, 6.07) is 0.0414. The van der Waals surface area contributed by atoms with Crippen molar-refractivity contribution in [2.75, 3.05) is 13.2 Å².